The van der Waals surface area contributed by atoms with Crippen LogP contribution in [0.15, 0.2) is 0 Å². The molecule has 5 heteroatoms. The first-order valence-electron chi connectivity index (χ1n) is 4.34. The molecule has 13 heavy (non-hydrogen) atoms. The highest BCUT2D eigenvalue weighted by molar-refractivity contribution is 5.76. The van der Waals surface area contributed by atoms with Crippen molar-refractivity contribution in [2.24, 2.45) is 0 Å². The highest BCUT2D eigenvalue weighted by Crippen LogP contribution is 1.92. The van der Waals surface area contributed by atoms with Gasteiger partial charge in [0.05, 0.1) is 6.54 Å². The van der Waals surface area contributed by atoms with Gasteiger partial charge in [-0.2, -0.15) is 0 Å². The van der Waals surface area contributed by atoms with Crippen LogP contribution in [0.1, 0.15) is 20.3 Å². The third kappa shape index (κ3) is 7.64. The number of alkyl halides is 2. The van der Waals surface area contributed by atoms with Crippen LogP contribution in [0.3, 0.4) is 0 Å². The van der Waals surface area contributed by atoms with Gasteiger partial charge in [-0.1, -0.05) is 6.92 Å². The lowest BCUT2D eigenvalue weighted by molar-refractivity contribution is -0.122. The van der Waals surface area contributed by atoms with Gasteiger partial charge in [0.25, 0.3) is 6.43 Å². The summed E-state index contributed by atoms with van der Waals surface area (Å²) in [4.78, 5) is 10.9. The third-order valence-corrected chi connectivity index (χ3v) is 1.50. The maximum absolute atomic E-state index is 11.7. The first-order valence-corrected chi connectivity index (χ1v) is 4.34. The number of hydrogen-bond acceptors (Lipinski definition) is 2. The molecule has 0 aromatic carbocycles. The molecule has 2 N–H and O–H groups in total. The van der Waals surface area contributed by atoms with Gasteiger partial charge in [-0.15, -0.1) is 0 Å². The second kappa shape index (κ2) is 6.77. The minimum atomic E-state index is -2.47. The molecule has 0 spiro atoms. The SMILES string of the molecule is CCNC(C)CC(=O)NCC(F)F. The van der Waals surface area contributed by atoms with E-state index in [1.165, 1.54) is 0 Å². The summed E-state index contributed by atoms with van der Waals surface area (Å²) in [6.45, 7) is 3.97. The smallest absolute Gasteiger partial charge is 0.255 e. The van der Waals surface area contributed by atoms with Crippen molar-refractivity contribution in [3.05, 3.63) is 0 Å². The van der Waals surface area contributed by atoms with Crippen LogP contribution in [0, 0.1) is 0 Å². The molecule has 1 atom stereocenters. The first-order chi connectivity index (χ1) is 6.06. The fourth-order valence-corrected chi connectivity index (χ4v) is 0.962. The number of nitrogens with one attached hydrogen (secondary N) is 2. The Balaban J connectivity index is 3.50. The summed E-state index contributed by atoms with van der Waals surface area (Å²) >= 11 is 0. The highest BCUT2D eigenvalue weighted by atomic mass is 19.3. The molecule has 0 aliphatic carbocycles. The van der Waals surface area contributed by atoms with Crippen molar-refractivity contribution in [1.29, 1.82) is 0 Å². The van der Waals surface area contributed by atoms with Gasteiger partial charge in [-0.05, 0) is 13.5 Å². The summed E-state index contributed by atoms with van der Waals surface area (Å²) < 4.78 is 23.3. The number of halogens is 2. The Morgan fingerprint density at radius 1 is 1.46 bits per heavy atom. The Hall–Kier alpha value is -0.710. The summed E-state index contributed by atoms with van der Waals surface area (Å²) in [7, 11) is 0. The number of carbonyl (C=O) groups excluding carboxylic acids is 1. The maximum Gasteiger partial charge on any atom is 0.255 e. The fraction of sp³-hybridized carbons (Fsp3) is 0.875. The molecule has 0 aliphatic heterocycles. The molecule has 0 aromatic heterocycles. The molecule has 0 radical (unpaired) electrons. The van der Waals surface area contributed by atoms with Crippen LogP contribution in [0.25, 0.3) is 0 Å². The monoisotopic (exact) mass is 194 g/mol. The van der Waals surface area contributed by atoms with Gasteiger partial charge in [-0.25, -0.2) is 8.78 Å². The van der Waals surface area contributed by atoms with Crippen molar-refractivity contribution >= 4 is 5.91 Å². The van der Waals surface area contributed by atoms with Crippen molar-refractivity contribution in [3.8, 4) is 0 Å². The predicted molar refractivity (Wildman–Crippen MR) is 46.8 cm³/mol. The first kappa shape index (κ1) is 12.3. The number of rotatable bonds is 6. The minimum Gasteiger partial charge on any atom is -0.350 e. The van der Waals surface area contributed by atoms with Gasteiger partial charge in [-0.3, -0.25) is 4.79 Å². The van der Waals surface area contributed by atoms with E-state index < -0.39 is 13.0 Å². The zero-order chi connectivity index (χ0) is 10.3. The molecular weight excluding hydrogens is 178 g/mol. The largest absolute Gasteiger partial charge is 0.350 e. The average Bonchev–Trinajstić information content (AvgIpc) is 2.01. The van der Waals surface area contributed by atoms with E-state index in [-0.39, 0.29) is 18.4 Å². The number of hydrogen-bond donors (Lipinski definition) is 2. The topological polar surface area (TPSA) is 41.1 Å². The predicted octanol–water partition coefficient (Wildman–Crippen LogP) is 0.756. The fourth-order valence-electron chi connectivity index (χ4n) is 0.962. The second-order valence-corrected chi connectivity index (χ2v) is 2.86. The normalized spacial score (nSPS) is 13.0. The molecule has 1 unspecified atom stereocenters. The van der Waals surface area contributed by atoms with Gasteiger partial charge < -0.3 is 10.6 Å². The van der Waals surface area contributed by atoms with Gasteiger partial charge in [0.2, 0.25) is 5.91 Å². The Bertz CT molecular complexity index is 153. The molecule has 0 heterocycles. The Kier molecular flexibility index (Phi) is 6.40. The van der Waals surface area contributed by atoms with Crippen LogP contribution >= 0.6 is 0 Å². The average molecular weight is 194 g/mol. The zero-order valence-corrected chi connectivity index (χ0v) is 7.94. The van der Waals surface area contributed by atoms with Crippen molar-refractivity contribution in [2.45, 2.75) is 32.7 Å². The summed E-state index contributed by atoms with van der Waals surface area (Å²) in [5.41, 5.74) is 0. The lowest BCUT2D eigenvalue weighted by Crippen LogP contribution is -2.35. The lowest BCUT2D eigenvalue weighted by atomic mass is 10.2. The summed E-state index contributed by atoms with van der Waals surface area (Å²) in [6, 6.07) is 0.0303. The molecule has 0 aliphatic rings. The quantitative estimate of drug-likeness (QED) is 0.655. The molecular formula is C8H16F2N2O. The van der Waals surface area contributed by atoms with Crippen LogP contribution in [0.2, 0.25) is 0 Å². The maximum atomic E-state index is 11.7. The van der Waals surface area contributed by atoms with E-state index in [1.54, 1.807) is 0 Å². The molecule has 0 fully saturated rings. The standard InChI is InChI=1S/C8H16F2N2O/c1-3-11-6(2)4-8(13)12-5-7(9)10/h6-7,11H,3-5H2,1-2H3,(H,12,13). The van der Waals surface area contributed by atoms with E-state index in [2.05, 4.69) is 10.6 Å². The number of carbonyl (C=O) groups is 1. The van der Waals surface area contributed by atoms with Crippen LogP contribution in [0.5, 0.6) is 0 Å². The van der Waals surface area contributed by atoms with Crippen molar-refractivity contribution in [2.75, 3.05) is 13.1 Å². The molecule has 0 saturated carbocycles. The Morgan fingerprint density at radius 3 is 2.54 bits per heavy atom. The van der Waals surface area contributed by atoms with Crippen LogP contribution in [-0.4, -0.2) is 31.5 Å². The van der Waals surface area contributed by atoms with E-state index in [0.29, 0.717) is 0 Å². The lowest BCUT2D eigenvalue weighted by Gasteiger charge is -2.11. The Morgan fingerprint density at radius 2 is 2.08 bits per heavy atom. The van der Waals surface area contributed by atoms with Crippen molar-refractivity contribution in [3.63, 3.8) is 0 Å². The molecule has 1 amide bonds. The molecule has 0 aromatic rings. The minimum absolute atomic E-state index is 0.0303. The summed E-state index contributed by atoms with van der Waals surface area (Å²) in [5, 5.41) is 5.16. The molecule has 78 valence electrons. The van der Waals surface area contributed by atoms with Gasteiger partial charge >= 0.3 is 0 Å². The van der Waals surface area contributed by atoms with E-state index >= 15 is 0 Å². The van der Waals surface area contributed by atoms with Crippen LogP contribution in [0.4, 0.5) is 8.78 Å². The molecule has 3 nitrogen and oxygen atoms in total. The summed E-state index contributed by atoms with van der Waals surface area (Å²) in [6.07, 6.45) is -2.24. The van der Waals surface area contributed by atoms with Gasteiger partial charge in [0.15, 0.2) is 0 Å². The van der Waals surface area contributed by atoms with Gasteiger partial charge in [0.1, 0.15) is 0 Å². The molecule has 0 saturated heterocycles. The Labute approximate surface area is 76.9 Å². The molecule has 0 bridgehead atoms. The van der Waals surface area contributed by atoms with E-state index in [9.17, 15) is 13.6 Å². The second-order valence-electron chi connectivity index (χ2n) is 2.86. The highest BCUT2D eigenvalue weighted by Gasteiger charge is 2.09. The summed E-state index contributed by atoms with van der Waals surface area (Å²) in [5.74, 6) is -0.339. The van der Waals surface area contributed by atoms with Crippen molar-refractivity contribution < 1.29 is 13.6 Å². The van der Waals surface area contributed by atoms with E-state index in [1.807, 2.05) is 13.8 Å². The van der Waals surface area contributed by atoms with E-state index in [4.69, 9.17) is 0 Å². The third-order valence-electron chi connectivity index (χ3n) is 1.50. The zero-order valence-electron chi connectivity index (χ0n) is 7.94. The van der Waals surface area contributed by atoms with Crippen molar-refractivity contribution in [1.82, 2.24) is 10.6 Å². The van der Waals surface area contributed by atoms with Crippen LogP contribution in [-0.2, 0) is 4.79 Å². The molecule has 0 rings (SSSR count). The number of amides is 1. The van der Waals surface area contributed by atoms with E-state index in [0.717, 1.165) is 6.54 Å². The van der Waals surface area contributed by atoms with Crippen LogP contribution < -0.4 is 10.6 Å². The van der Waals surface area contributed by atoms with Gasteiger partial charge in [0, 0.05) is 12.5 Å².